The number of nitrogens with one attached hydrogen (secondary N) is 1. The molecule has 0 bridgehead atoms. The molecule has 0 aliphatic heterocycles. The number of amides is 1. The highest BCUT2D eigenvalue weighted by molar-refractivity contribution is 5.72. The van der Waals surface area contributed by atoms with Crippen molar-refractivity contribution in [1.82, 2.24) is 5.32 Å². The molecule has 4 heteroatoms. The quantitative estimate of drug-likeness (QED) is 0.665. The number of carbonyl (C=O) groups excluding carboxylic acids is 1. The summed E-state index contributed by atoms with van der Waals surface area (Å²) in [6, 6.07) is 0.379. The third-order valence-corrected chi connectivity index (χ3v) is 2.77. The molecule has 15 heavy (non-hydrogen) atoms. The van der Waals surface area contributed by atoms with E-state index in [0.29, 0.717) is 18.7 Å². The van der Waals surface area contributed by atoms with Gasteiger partial charge in [0.2, 0.25) is 5.91 Å². The van der Waals surface area contributed by atoms with Crippen molar-refractivity contribution in [3.63, 3.8) is 0 Å². The Morgan fingerprint density at radius 1 is 1.40 bits per heavy atom. The first kappa shape index (κ1) is 12.5. The molecule has 1 aliphatic rings. The molecule has 1 fully saturated rings. The monoisotopic (exact) mass is 214 g/mol. The second-order valence-corrected chi connectivity index (χ2v) is 4.24. The van der Waals surface area contributed by atoms with E-state index in [1.54, 1.807) is 0 Å². The van der Waals surface area contributed by atoms with E-state index in [9.17, 15) is 4.79 Å². The van der Waals surface area contributed by atoms with Crippen LogP contribution in [0.3, 0.4) is 0 Å². The van der Waals surface area contributed by atoms with E-state index in [-0.39, 0.29) is 5.91 Å². The highest BCUT2D eigenvalue weighted by atomic mass is 16.5. The van der Waals surface area contributed by atoms with Crippen molar-refractivity contribution >= 4 is 5.91 Å². The zero-order chi connectivity index (χ0) is 11.1. The fourth-order valence-electron chi connectivity index (χ4n) is 1.84. The summed E-state index contributed by atoms with van der Waals surface area (Å²) < 4.78 is 5.71. The van der Waals surface area contributed by atoms with Crippen LogP contribution in [-0.4, -0.2) is 31.2 Å². The molecule has 0 aromatic rings. The minimum absolute atomic E-state index is 0.0265. The average molecular weight is 214 g/mol. The van der Waals surface area contributed by atoms with Gasteiger partial charge >= 0.3 is 0 Å². The van der Waals surface area contributed by atoms with Crippen molar-refractivity contribution in [3.8, 4) is 0 Å². The number of carbonyl (C=O) groups is 1. The molecule has 0 aromatic carbocycles. The number of ether oxygens (including phenoxy) is 1. The van der Waals surface area contributed by atoms with E-state index in [2.05, 4.69) is 5.32 Å². The van der Waals surface area contributed by atoms with Gasteiger partial charge in [-0.05, 0) is 32.1 Å². The molecule has 3 N–H and O–H groups in total. The molecule has 1 saturated carbocycles. The first-order chi connectivity index (χ1) is 7.18. The van der Waals surface area contributed by atoms with Gasteiger partial charge in [-0.3, -0.25) is 4.79 Å². The van der Waals surface area contributed by atoms with Crippen LogP contribution >= 0.6 is 0 Å². The molecule has 0 heterocycles. The van der Waals surface area contributed by atoms with Gasteiger partial charge in [-0.2, -0.15) is 0 Å². The smallest absolute Gasteiger partial charge is 0.216 e. The molecule has 0 spiro atoms. The maximum absolute atomic E-state index is 10.6. The molecule has 1 aliphatic carbocycles. The van der Waals surface area contributed by atoms with Crippen LogP contribution in [0.1, 0.15) is 39.0 Å². The van der Waals surface area contributed by atoms with Crippen LogP contribution in [0.15, 0.2) is 0 Å². The van der Waals surface area contributed by atoms with E-state index >= 15 is 0 Å². The summed E-state index contributed by atoms with van der Waals surface area (Å²) in [6.45, 7) is 2.98. The molecule has 0 saturated heterocycles. The first-order valence-electron chi connectivity index (χ1n) is 5.80. The topological polar surface area (TPSA) is 64.3 Å². The Morgan fingerprint density at radius 2 is 2.07 bits per heavy atom. The van der Waals surface area contributed by atoms with E-state index in [4.69, 9.17) is 10.5 Å². The summed E-state index contributed by atoms with van der Waals surface area (Å²) in [7, 11) is 0. The van der Waals surface area contributed by atoms with Crippen LogP contribution < -0.4 is 11.1 Å². The van der Waals surface area contributed by atoms with Gasteiger partial charge < -0.3 is 15.8 Å². The third kappa shape index (κ3) is 5.74. The largest absolute Gasteiger partial charge is 0.378 e. The lowest BCUT2D eigenvalue weighted by molar-refractivity contribution is -0.119. The van der Waals surface area contributed by atoms with Crippen molar-refractivity contribution in [2.75, 3.05) is 13.2 Å². The van der Waals surface area contributed by atoms with Gasteiger partial charge in [0.25, 0.3) is 0 Å². The molecule has 88 valence electrons. The zero-order valence-corrected chi connectivity index (χ0v) is 9.50. The fourth-order valence-corrected chi connectivity index (χ4v) is 1.84. The van der Waals surface area contributed by atoms with Gasteiger partial charge in [0.15, 0.2) is 0 Å². The van der Waals surface area contributed by atoms with Crippen molar-refractivity contribution in [2.45, 2.75) is 51.2 Å². The second-order valence-electron chi connectivity index (χ2n) is 4.24. The molecule has 1 amide bonds. The highest BCUT2D eigenvalue weighted by Gasteiger charge is 2.18. The molecule has 0 aromatic heterocycles. The van der Waals surface area contributed by atoms with Crippen LogP contribution in [-0.2, 0) is 9.53 Å². The Labute approximate surface area is 91.5 Å². The maximum atomic E-state index is 10.6. The standard InChI is InChI=1S/C11H22N2O2/c1-9(14)13-7-2-8-15-11-5-3-10(12)4-6-11/h10-11H,2-8,12H2,1H3,(H,13,14). The lowest BCUT2D eigenvalue weighted by Gasteiger charge is -2.26. The Kier molecular flexibility index (Phi) is 5.65. The predicted molar refractivity (Wildman–Crippen MR) is 59.5 cm³/mol. The number of hydrogen-bond donors (Lipinski definition) is 2. The van der Waals surface area contributed by atoms with E-state index in [0.717, 1.165) is 38.7 Å². The van der Waals surface area contributed by atoms with Crippen molar-refractivity contribution < 1.29 is 9.53 Å². The summed E-state index contributed by atoms with van der Waals surface area (Å²) in [5.41, 5.74) is 5.80. The van der Waals surface area contributed by atoms with Crippen LogP contribution in [0, 0.1) is 0 Å². The Balaban J connectivity index is 1.94. The van der Waals surface area contributed by atoms with E-state index in [1.165, 1.54) is 6.92 Å². The van der Waals surface area contributed by atoms with Crippen LogP contribution in [0.2, 0.25) is 0 Å². The normalized spacial score (nSPS) is 26.3. The molecule has 0 radical (unpaired) electrons. The van der Waals surface area contributed by atoms with Gasteiger partial charge in [0.05, 0.1) is 6.10 Å². The molecule has 4 nitrogen and oxygen atoms in total. The summed E-state index contributed by atoms with van der Waals surface area (Å²) in [5.74, 6) is 0.0265. The van der Waals surface area contributed by atoms with Crippen LogP contribution in [0.5, 0.6) is 0 Å². The van der Waals surface area contributed by atoms with Crippen molar-refractivity contribution in [2.24, 2.45) is 5.73 Å². The van der Waals surface area contributed by atoms with E-state index < -0.39 is 0 Å². The van der Waals surface area contributed by atoms with Crippen molar-refractivity contribution in [1.29, 1.82) is 0 Å². The lowest BCUT2D eigenvalue weighted by Crippen LogP contribution is -2.30. The molecule has 1 rings (SSSR count). The highest BCUT2D eigenvalue weighted by Crippen LogP contribution is 2.19. The summed E-state index contributed by atoms with van der Waals surface area (Å²) >= 11 is 0. The van der Waals surface area contributed by atoms with Gasteiger partial charge in [-0.1, -0.05) is 0 Å². The molecular formula is C11H22N2O2. The second kappa shape index (κ2) is 6.80. The van der Waals surface area contributed by atoms with Gasteiger partial charge in [-0.25, -0.2) is 0 Å². The lowest BCUT2D eigenvalue weighted by atomic mass is 9.94. The first-order valence-corrected chi connectivity index (χ1v) is 5.80. The SMILES string of the molecule is CC(=O)NCCCOC1CCC(N)CC1. The number of rotatable bonds is 5. The average Bonchev–Trinajstić information content (AvgIpc) is 2.20. The number of nitrogens with two attached hydrogens (primary N) is 1. The molecular weight excluding hydrogens is 192 g/mol. The Bertz CT molecular complexity index is 189. The molecule has 0 unspecified atom stereocenters. The number of hydrogen-bond acceptors (Lipinski definition) is 3. The summed E-state index contributed by atoms with van der Waals surface area (Å²) in [4.78, 5) is 10.6. The Morgan fingerprint density at radius 3 is 2.67 bits per heavy atom. The van der Waals surface area contributed by atoms with E-state index in [1.807, 2.05) is 0 Å². The fraction of sp³-hybridized carbons (Fsp3) is 0.909. The zero-order valence-electron chi connectivity index (χ0n) is 9.50. The van der Waals surface area contributed by atoms with Gasteiger partial charge in [0.1, 0.15) is 0 Å². The Hall–Kier alpha value is -0.610. The van der Waals surface area contributed by atoms with Gasteiger partial charge in [-0.15, -0.1) is 0 Å². The van der Waals surface area contributed by atoms with Crippen LogP contribution in [0.4, 0.5) is 0 Å². The predicted octanol–water partition coefficient (Wildman–Crippen LogP) is 0.799. The van der Waals surface area contributed by atoms with Gasteiger partial charge in [0, 0.05) is 26.1 Å². The maximum Gasteiger partial charge on any atom is 0.216 e. The van der Waals surface area contributed by atoms with Crippen molar-refractivity contribution in [3.05, 3.63) is 0 Å². The molecule has 0 atom stereocenters. The minimum Gasteiger partial charge on any atom is -0.378 e. The summed E-state index contributed by atoms with van der Waals surface area (Å²) in [5, 5.41) is 2.75. The van der Waals surface area contributed by atoms with Crippen LogP contribution in [0.25, 0.3) is 0 Å². The third-order valence-electron chi connectivity index (χ3n) is 2.77. The minimum atomic E-state index is 0.0265. The summed E-state index contributed by atoms with van der Waals surface area (Å²) in [6.07, 6.45) is 5.61.